The lowest BCUT2D eigenvalue weighted by Gasteiger charge is -2.37. The summed E-state index contributed by atoms with van der Waals surface area (Å²) in [6.45, 7) is 0.419. The van der Waals surface area contributed by atoms with Crippen molar-refractivity contribution in [3.8, 4) is 0 Å². The van der Waals surface area contributed by atoms with Crippen molar-refractivity contribution in [1.29, 1.82) is 0 Å². The van der Waals surface area contributed by atoms with Crippen molar-refractivity contribution in [3.63, 3.8) is 0 Å². The van der Waals surface area contributed by atoms with Gasteiger partial charge in [0.2, 0.25) is 18.2 Å². The number of rotatable bonds is 8. The third kappa shape index (κ3) is 5.73. The van der Waals surface area contributed by atoms with Crippen molar-refractivity contribution in [2.45, 2.75) is 51.0 Å². The Morgan fingerprint density at radius 3 is 2.77 bits per heavy atom. The zero-order chi connectivity index (χ0) is 21.5. The summed E-state index contributed by atoms with van der Waals surface area (Å²) < 4.78 is 13.0. The molecule has 1 aromatic rings. The van der Waals surface area contributed by atoms with Gasteiger partial charge in [-0.05, 0) is 37.3 Å². The van der Waals surface area contributed by atoms with E-state index in [2.05, 4.69) is 15.7 Å². The van der Waals surface area contributed by atoms with Gasteiger partial charge in [-0.1, -0.05) is 25.7 Å². The number of nitrogens with zero attached hydrogens (tertiary/aromatic N) is 3. The average molecular weight is 421 g/mol. The summed E-state index contributed by atoms with van der Waals surface area (Å²) in [5.41, 5.74) is 3.00. The molecule has 1 aliphatic heterocycles. The minimum Gasteiger partial charge on any atom is -0.309 e. The number of anilines is 1. The Balaban J connectivity index is 1.72. The van der Waals surface area contributed by atoms with Gasteiger partial charge >= 0.3 is 0 Å². The van der Waals surface area contributed by atoms with E-state index in [1.165, 1.54) is 17.1 Å². The molecule has 10 heteroatoms. The number of halogens is 1. The molecule has 2 heterocycles. The van der Waals surface area contributed by atoms with Gasteiger partial charge in [-0.15, -0.1) is 0 Å². The highest BCUT2D eigenvalue weighted by molar-refractivity contribution is 5.96. The highest BCUT2D eigenvalue weighted by Crippen LogP contribution is 2.31. The van der Waals surface area contributed by atoms with Crippen LogP contribution in [0.4, 0.5) is 10.2 Å². The molecular weight excluding hydrogens is 393 g/mol. The second-order valence-corrected chi connectivity index (χ2v) is 7.94. The smallest absolute Gasteiger partial charge is 0.249 e. The summed E-state index contributed by atoms with van der Waals surface area (Å²) in [5, 5.41) is 14.1. The van der Waals surface area contributed by atoms with Gasteiger partial charge in [-0.2, -0.15) is 0 Å². The normalized spacial score (nSPS) is 20.6. The Labute approximate surface area is 174 Å². The Hall–Kier alpha value is -2.59. The Morgan fingerprint density at radius 2 is 2.10 bits per heavy atom. The molecule has 0 bridgehead atoms. The fourth-order valence-corrected chi connectivity index (χ4v) is 4.24. The van der Waals surface area contributed by atoms with Gasteiger partial charge in [0.05, 0.1) is 18.7 Å². The number of hydroxylamine groups is 2. The van der Waals surface area contributed by atoms with Crippen LogP contribution in [-0.4, -0.2) is 57.6 Å². The van der Waals surface area contributed by atoms with Crippen molar-refractivity contribution in [1.82, 2.24) is 20.5 Å². The summed E-state index contributed by atoms with van der Waals surface area (Å²) in [6.07, 6.45) is 7.25. The minimum absolute atomic E-state index is 0.120. The quantitative estimate of drug-likeness (QED) is 0.334. The molecule has 3 N–H and O–H groups in total. The molecule has 0 spiro atoms. The van der Waals surface area contributed by atoms with E-state index in [-0.39, 0.29) is 24.7 Å². The first kappa shape index (κ1) is 22.1. The van der Waals surface area contributed by atoms with Gasteiger partial charge in [0.1, 0.15) is 17.7 Å². The molecule has 1 saturated heterocycles. The summed E-state index contributed by atoms with van der Waals surface area (Å²) >= 11 is 0. The fraction of sp³-hybridized carbons (Fsp3) is 0.600. The number of carbonyl (C=O) groups is 3. The summed E-state index contributed by atoms with van der Waals surface area (Å²) in [6, 6.07) is 1.77. The SMILES string of the molecule is O=CN(O)C[C@@H](CC1CCCC1)C(=O)N1NCCC[C@H]1C(=O)Nc1ccc(F)cn1. The third-order valence-corrected chi connectivity index (χ3v) is 5.74. The molecule has 2 aliphatic rings. The van der Waals surface area contributed by atoms with Gasteiger partial charge in [0.25, 0.3) is 0 Å². The van der Waals surface area contributed by atoms with E-state index in [1.54, 1.807) is 0 Å². The number of nitrogens with one attached hydrogen (secondary N) is 2. The van der Waals surface area contributed by atoms with Crippen molar-refractivity contribution in [2.75, 3.05) is 18.4 Å². The van der Waals surface area contributed by atoms with Crippen LogP contribution >= 0.6 is 0 Å². The van der Waals surface area contributed by atoms with Crippen molar-refractivity contribution >= 4 is 24.0 Å². The van der Waals surface area contributed by atoms with E-state index < -0.39 is 23.7 Å². The first-order chi connectivity index (χ1) is 14.5. The molecule has 3 rings (SSSR count). The molecule has 0 radical (unpaired) electrons. The van der Waals surface area contributed by atoms with Crippen LogP contribution in [0, 0.1) is 17.7 Å². The lowest BCUT2D eigenvalue weighted by atomic mass is 9.91. The maximum atomic E-state index is 13.3. The number of aromatic nitrogens is 1. The van der Waals surface area contributed by atoms with Crippen LogP contribution in [0.2, 0.25) is 0 Å². The predicted octanol–water partition coefficient (Wildman–Crippen LogP) is 1.70. The van der Waals surface area contributed by atoms with E-state index >= 15 is 0 Å². The summed E-state index contributed by atoms with van der Waals surface area (Å²) in [4.78, 5) is 40.9. The molecule has 1 saturated carbocycles. The van der Waals surface area contributed by atoms with E-state index in [0.717, 1.165) is 31.9 Å². The fourth-order valence-electron chi connectivity index (χ4n) is 4.24. The number of hydrazine groups is 1. The van der Waals surface area contributed by atoms with E-state index in [9.17, 15) is 24.0 Å². The van der Waals surface area contributed by atoms with Gasteiger partial charge in [-0.25, -0.2) is 19.9 Å². The largest absolute Gasteiger partial charge is 0.309 e. The average Bonchev–Trinajstić information content (AvgIpc) is 3.27. The number of carbonyl (C=O) groups excluding carboxylic acids is 3. The van der Waals surface area contributed by atoms with Crippen LogP contribution in [0.3, 0.4) is 0 Å². The molecule has 0 unspecified atom stereocenters. The van der Waals surface area contributed by atoms with E-state index in [1.807, 2.05) is 0 Å². The van der Waals surface area contributed by atoms with E-state index in [4.69, 9.17) is 0 Å². The molecule has 2 fully saturated rings. The number of amides is 3. The Bertz CT molecular complexity index is 741. The van der Waals surface area contributed by atoms with Crippen molar-refractivity contribution in [2.24, 2.45) is 11.8 Å². The molecular formula is C20H28FN5O4. The predicted molar refractivity (Wildman–Crippen MR) is 105 cm³/mol. The zero-order valence-electron chi connectivity index (χ0n) is 16.8. The minimum atomic E-state index is -0.771. The second-order valence-electron chi connectivity index (χ2n) is 7.94. The first-order valence-corrected chi connectivity index (χ1v) is 10.4. The van der Waals surface area contributed by atoms with Crippen LogP contribution in [0.1, 0.15) is 44.9 Å². The standard InChI is InChI=1S/C20H28FN5O4/c21-16-7-8-18(22-11-16)24-19(28)17-6-3-9-23-26(17)20(29)15(12-25(30)13-27)10-14-4-1-2-5-14/h7-8,11,13-15,17,23,30H,1-6,9-10,12H2,(H,22,24,28)/t15-,17+/m1/s1. The summed E-state index contributed by atoms with van der Waals surface area (Å²) in [5.74, 6) is -1.32. The Morgan fingerprint density at radius 1 is 1.33 bits per heavy atom. The molecule has 9 nitrogen and oxygen atoms in total. The molecule has 0 aromatic carbocycles. The van der Waals surface area contributed by atoms with Gasteiger partial charge < -0.3 is 5.32 Å². The number of hydrogen-bond donors (Lipinski definition) is 3. The lowest BCUT2D eigenvalue weighted by Crippen LogP contribution is -2.59. The maximum absolute atomic E-state index is 13.3. The topological polar surface area (TPSA) is 115 Å². The molecule has 164 valence electrons. The molecule has 1 aromatic heterocycles. The summed E-state index contributed by atoms with van der Waals surface area (Å²) in [7, 11) is 0. The highest BCUT2D eigenvalue weighted by atomic mass is 19.1. The van der Waals surface area contributed by atoms with Crippen molar-refractivity contribution in [3.05, 3.63) is 24.1 Å². The van der Waals surface area contributed by atoms with Crippen molar-refractivity contribution < 1.29 is 24.0 Å². The van der Waals surface area contributed by atoms with Gasteiger partial charge in [0, 0.05) is 6.54 Å². The van der Waals surface area contributed by atoms with E-state index in [0.29, 0.717) is 36.8 Å². The first-order valence-electron chi connectivity index (χ1n) is 10.4. The highest BCUT2D eigenvalue weighted by Gasteiger charge is 2.37. The van der Waals surface area contributed by atoms with Gasteiger partial charge in [-0.3, -0.25) is 24.6 Å². The van der Waals surface area contributed by atoms with Crippen LogP contribution in [0.15, 0.2) is 18.3 Å². The number of pyridine rings is 1. The van der Waals surface area contributed by atoms with Crippen LogP contribution in [-0.2, 0) is 14.4 Å². The van der Waals surface area contributed by atoms with Crippen LogP contribution in [0.5, 0.6) is 0 Å². The molecule has 3 amide bonds. The zero-order valence-corrected chi connectivity index (χ0v) is 16.8. The lowest BCUT2D eigenvalue weighted by molar-refractivity contribution is -0.161. The molecule has 2 atom stereocenters. The molecule has 30 heavy (non-hydrogen) atoms. The monoisotopic (exact) mass is 421 g/mol. The Kier molecular flexibility index (Phi) is 7.69. The van der Waals surface area contributed by atoms with Crippen LogP contribution in [0.25, 0.3) is 0 Å². The number of hydrogen-bond acceptors (Lipinski definition) is 6. The van der Waals surface area contributed by atoms with Gasteiger partial charge in [0.15, 0.2) is 0 Å². The molecule has 1 aliphatic carbocycles. The second kappa shape index (κ2) is 10.4. The third-order valence-electron chi connectivity index (χ3n) is 5.74. The maximum Gasteiger partial charge on any atom is 0.249 e. The van der Waals surface area contributed by atoms with Crippen LogP contribution < -0.4 is 10.7 Å².